The number of hydrogen-bond acceptors (Lipinski definition) is 4. The SMILES string of the molecule is CCOC(=O)CCN(C(=O)c1cccc(Cl)c1)C(CC)CO. The number of carbonyl (C=O) groups excluding carboxylic acids is 2. The van der Waals surface area contributed by atoms with Crippen LogP contribution in [0.1, 0.15) is 37.0 Å². The van der Waals surface area contributed by atoms with Crippen molar-refractivity contribution in [3.05, 3.63) is 34.9 Å². The molecule has 1 atom stereocenters. The van der Waals surface area contributed by atoms with Gasteiger partial charge in [0.15, 0.2) is 0 Å². The Balaban J connectivity index is 2.89. The highest BCUT2D eigenvalue weighted by atomic mass is 35.5. The van der Waals surface area contributed by atoms with Crippen LogP contribution < -0.4 is 0 Å². The van der Waals surface area contributed by atoms with Crippen molar-refractivity contribution in [3.63, 3.8) is 0 Å². The third kappa shape index (κ3) is 5.31. The maximum Gasteiger partial charge on any atom is 0.307 e. The van der Waals surface area contributed by atoms with Crippen LogP contribution in [0, 0.1) is 0 Å². The minimum atomic E-state index is -0.362. The monoisotopic (exact) mass is 327 g/mol. The van der Waals surface area contributed by atoms with Gasteiger partial charge in [-0.15, -0.1) is 0 Å². The van der Waals surface area contributed by atoms with E-state index < -0.39 is 0 Å². The summed E-state index contributed by atoms with van der Waals surface area (Å²) in [4.78, 5) is 25.6. The predicted octanol–water partition coefficient (Wildman–Crippen LogP) is 2.51. The number of benzene rings is 1. The second-order valence-electron chi connectivity index (χ2n) is 4.81. The summed E-state index contributed by atoms with van der Waals surface area (Å²) >= 11 is 5.92. The van der Waals surface area contributed by atoms with Crippen molar-refractivity contribution in [2.75, 3.05) is 19.8 Å². The first kappa shape index (κ1) is 18.5. The van der Waals surface area contributed by atoms with E-state index in [1.54, 1.807) is 31.2 Å². The number of ether oxygens (including phenoxy) is 1. The van der Waals surface area contributed by atoms with Gasteiger partial charge in [0.05, 0.1) is 25.7 Å². The van der Waals surface area contributed by atoms with Crippen molar-refractivity contribution in [2.24, 2.45) is 0 Å². The fourth-order valence-corrected chi connectivity index (χ4v) is 2.32. The van der Waals surface area contributed by atoms with Crippen LogP contribution in [-0.4, -0.2) is 47.7 Å². The molecular formula is C16H22ClNO4. The van der Waals surface area contributed by atoms with Crippen LogP contribution in [0.2, 0.25) is 5.02 Å². The molecule has 0 spiro atoms. The Morgan fingerprint density at radius 3 is 2.64 bits per heavy atom. The van der Waals surface area contributed by atoms with E-state index in [1.165, 1.54) is 4.90 Å². The average Bonchev–Trinajstić information content (AvgIpc) is 2.51. The summed E-state index contributed by atoms with van der Waals surface area (Å²) < 4.78 is 4.88. The van der Waals surface area contributed by atoms with Crippen LogP contribution in [0.25, 0.3) is 0 Å². The van der Waals surface area contributed by atoms with Gasteiger partial charge in [0.25, 0.3) is 5.91 Å². The molecule has 0 aliphatic heterocycles. The zero-order chi connectivity index (χ0) is 16.5. The molecule has 0 bridgehead atoms. The lowest BCUT2D eigenvalue weighted by molar-refractivity contribution is -0.143. The van der Waals surface area contributed by atoms with E-state index in [0.29, 0.717) is 23.6 Å². The molecule has 1 aromatic carbocycles. The third-order valence-electron chi connectivity index (χ3n) is 3.32. The highest BCUT2D eigenvalue weighted by Gasteiger charge is 2.24. The molecule has 0 radical (unpaired) electrons. The summed E-state index contributed by atoms with van der Waals surface area (Å²) in [7, 11) is 0. The number of halogens is 1. The fraction of sp³-hybridized carbons (Fsp3) is 0.500. The Hall–Kier alpha value is -1.59. The summed E-state index contributed by atoms with van der Waals surface area (Å²) in [5.74, 6) is -0.619. The number of carbonyl (C=O) groups is 2. The maximum atomic E-state index is 12.6. The first-order valence-corrected chi connectivity index (χ1v) is 7.74. The molecule has 1 amide bonds. The Bertz CT molecular complexity index is 503. The van der Waals surface area contributed by atoms with Crippen LogP contribution in [0.5, 0.6) is 0 Å². The van der Waals surface area contributed by atoms with Gasteiger partial charge in [0, 0.05) is 17.1 Å². The van der Waals surface area contributed by atoms with Crippen LogP contribution >= 0.6 is 11.6 Å². The van der Waals surface area contributed by atoms with E-state index in [-0.39, 0.29) is 37.5 Å². The van der Waals surface area contributed by atoms with Gasteiger partial charge in [-0.2, -0.15) is 0 Å². The summed E-state index contributed by atoms with van der Waals surface area (Å²) in [5, 5.41) is 9.95. The standard InChI is InChI=1S/C16H22ClNO4/c1-3-14(11-19)18(9-8-15(20)22-4-2)16(21)12-6-5-7-13(17)10-12/h5-7,10,14,19H,3-4,8-9,11H2,1-2H3. The first-order chi connectivity index (χ1) is 10.5. The van der Waals surface area contributed by atoms with Crippen molar-refractivity contribution in [1.29, 1.82) is 0 Å². The molecule has 22 heavy (non-hydrogen) atoms. The Kier molecular flexibility index (Phi) is 7.91. The zero-order valence-electron chi connectivity index (χ0n) is 12.9. The molecule has 1 N–H and O–H groups in total. The summed E-state index contributed by atoms with van der Waals surface area (Å²) in [5.41, 5.74) is 0.434. The zero-order valence-corrected chi connectivity index (χ0v) is 13.7. The van der Waals surface area contributed by atoms with Crippen LogP contribution in [-0.2, 0) is 9.53 Å². The number of amides is 1. The molecule has 0 saturated heterocycles. The molecule has 5 nitrogen and oxygen atoms in total. The van der Waals surface area contributed by atoms with E-state index in [4.69, 9.17) is 16.3 Å². The van der Waals surface area contributed by atoms with E-state index in [0.717, 1.165) is 0 Å². The quantitative estimate of drug-likeness (QED) is 0.745. The van der Waals surface area contributed by atoms with E-state index in [2.05, 4.69) is 0 Å². The molecule has 1 unspecified atom stereocenters. The number of nitrogens with zero attached hydrogens (tertiary/aromatic N) is 1. The second kappa shape index (κ2) is 9.43. The second-order valence-corrected chi connectivity index (χ2v) is 5.24. The first-order valence-electron chi connectivity index (χ1n) is 7.36. The van der Waals surface area contributed by atoms with Crippen LogP contribution in [0.15, 0.2) is 24.3 Å². The molecule has 0 aliphatic carbocycles. The van der Waals surface area contributed by atoms with Gasteiger partial charge in [-0.05, 0) is 31.5 Å². The largest absolute Gasteiger partial charge is 0.466 e. The topological polar surface area (TPSA) is 66.8 Å². The smallest absolute Gasteiger partial charge is 0.307 e. The number of hydrogen-bond donors (Lipinski definition) is 1. The van der Waals surface area contributed by atoms with Gasteiger partial charge in [-0.3, -0.25) is 9.59 Å². The van der Waals surface area contributed by atoms with Gasteiger partial charge < -0.3 is 14.7 Å². The minimum Gasteiger partial charge on any atom is -0.466 e. The van der Waals surface area contributed by atoms with Crippen molar-refractivity contribution in [3.8, 4) is 0 Å². The molecule has 0 aliphatic rings. The molecule has 122 valence electrons. The van der Waals surface area contributed by atoms with Crippen molar-refractivity contribution in [1.82, 2.24) is 4.90 Å². The van der Waals surface area contributed by atoms with Gasteiger partial charge in [-0.25, -0.2) is 0 Å². The molecule has 0 fully saturated rings. The summed E-state index contributed by atoms with van der Waals surface area (Å²) in [6.45, 7) is 3.95. The Morgan fingerprint density at radius 2 is 2.09 bits per heavy atom. The van der Waals surface area contributed by atoms with Crippen LogP contribution in [0.4, 0.5) is 0 Å². The Labute approximate surface area is 135 Å². The number of esters is 1. The molecule has 0 saturated carbocycles. The van der Waals surface area contributed by atoms with Gasteiger partial charge >= 0.3 is 5.97 Å². The van der Waals surface area contributed by atoms with Gasteiger partial charge in [-0.1, -0.05) is 24.6 Å². The number of aliphatic hydroxyl groups is 1. The normalized spacial score (nSPS) is 11.8. The van der Waals surface area contributed by atoms with E-state index in [9.17, 15) is 14.7 Å². The van der Waals surface area contributed by atoms with Gasteiger partial charge in [0.1, 0.15) is 0 Å². The predicted molar refractivity (Wildman–Crippen MR) is 84.9 cm³/mol. The molecule has 0 heterocycles. The molecule has 1 rings (SSSR count). The fourth-order valence-electron chi connectivity index (χ4n) is 2.13. The third-order valence-corrected chi connectivity index (χ3v) is 3.55. The van der Waals surface area contributed by atoms with Crippen molar-refractivity contribution in [2.45, 2.75) is 32.7 Å². The van der Waals surface area contributed by atoms with E-state index >= 15 is 0 Å². The maximum absolute atomic E-state index is 12.6. The highest BCUT2D eigenvalue weighted by Crippen LogP contribution is 2.16. The lowest BCUT2D eigenvalue weighted by Gasteiger charge is -2.30. The Morgan fingerprint density at radius 1 is 1.36 bits per heavy atom. The molecule has 1 aromatic rings. The summed E-state index contributed by atoms with van der Waals surface area (Å²) in [6.07, 6.45) is 0.683. The van der Waals surface area contributed by atoms with Gasteiger partial charge in [0.2, 0.25) is 0 Å². The average molecular weight is 328 g/mol. The summed E-state index contributed by atoms with van der Waals surface area (Å²) in [6, 6.07) is 6.27. The molecule has 6 heteroatoms. The van der Waals surface area contributed by atoms with Crippen molar-refractivity contribution >= 4 is 23.5 Å². The number of rotatable bonds is 8. The minimum absolute atomic E-state index is 0.0939. The van der Waals surface area contributed by atoms with Crippen LogP contribution in [0.3, 0.4) is 0 Å². The number of aliphatic hydroxyl groups excluding tert-OH is 1. The lowest BCUT2D eigenvalue weighted by Crippen LogP contribution is -2.43. The lowest BCUT2D eigenvalue weighted by atomic mass is 10.1. The van der Waals surface area contributed by atoms with E-state index in [1.807, 2.05) is 6.92 Å². The molecule has 0 aromatic heterocycles. The highest BCUT2D eigenvalue weighted by molar-refractivity contribution is 6.30. The molecular weight excluding hydrogens is 306 g/mol. The van der Waals surface area contributed by atoms with Crippen molar-refractivity contribution < 1.29 is 19.4 Å².